The van der Waals surface area contributed by atoms with Gasteiger partial charge in [-0.05, 0) is 60.6 Å². The molecule has 1 saturated carbocycles. The molecule has 1 fully saturated rings. The summed E-state index contributed by atoms with van der Waals surface area (Å²) >= 11 is 0. The van der Waals surface area contributed by atoms with Gasteiger partial charge in [0.15, 0.2) is 6.61 Å². The smallest absolute Gasteiger partial charge is 0.340 e. The molecule has 6 heteroatoms. The van der Waals surface area contributed by atoms with Crippen LogP contribution in [0.1, 0.15) is 66.6 Å². The van der Waals surface area contributed by atoms with Crippen LogP contribution in [0.25, 0.3) is 6.08 Å². The number of carbonyl (C=O) groups excluding carboxylic acids is 2. The number of fused-ring (bicyclic) bond motifs is 1. The zero-order chi connectivity index (χ0) is 27.0. The Morgan fingerprint density at radius 2 is 1.72 bits per heavy atom. The maximum atomic E-state index is 13.6. The summed E-state index contributed by atoms with van der Waals surface area (Å²) in [5.74, 6) is -0.748. The number of nitrogens with zero attached hydrogens (tertiary/aromatic N) is 2. The van der Waals surface area contributed by atoms with Crippen molar-refractivity contribution in [1.29, 1.82) is 0 Å². The molecule has 0 aromatic heterocycles. The SMILES string of the molecule is CCCCNc1ccccc1C(=O)OCC(=O)N1N=C2/C(=C\c3ccccc3)CCC[C@@H]2[C@@H]1c1ccccc1. The number of esters is 1. The first-order valence-electron chi connectivity index (χ1n) is 13.9. The molecule has 0 unspecified atom stereocenters. The molecule has 3 aromatic rings. The molecule has 0 saturated heterocycles. The Bertz CT molecular complexity index is 1350. The Hall–Kier alpha value is -4.19. The van der Waals surface area contributed by atoms with Crippen molar-refractivity contribution in [2.45, 2.75) is 45.1 Å². The number of allylic oxidation sites excluding steroid dienone is 1. The number of amides is 1. The highest BCUT2D eigenvalue weighted by atomic mass is 16.5. The number of ether oxygens (including phenoxy) is 1. The molecule has 1 amide bonds. The second kappa shape index (κ2) is 12.6. The third-order valence-electron chi connectivity index (χ3n) is 7.36. The van der Waals surface area contributed by atoms with Gasteiger partial charge in [0, 0.05) is 18.2 Å². The summed E-state index contributed by atoms with van der Waals surface area (Å²) in [6, 6.07) is 27.3. The van der Waals surface area contributed by atoms with Crippen LogP contribution in [-0.2, 0) is 9.53 Å². The molecule has 0 bridgehead atoms. The van der Waals surface area contributed by atoms with Crippen molar-refractivity contribution in [3.8, 4) is 0 Å². The van der Waals surface area contributed by atoms with Gasteiger partial charge in [-0.25, -0.2) is 9.80 Å². The molecule has 2 atom stereocenters. The van der Waals surface area contributed by atoms with E-state index in [-0.39, 0.29) is 24.5 Å². The number of benzene rings is 3. The Kier molecular flexibility index (Phi) is 8.51. The van der Waals surface area contributed by atoms with Crippen LogP contribution in [0.5, 0.6) is 0 Å². The molecule has 1 aliphatic carbocycles. The third kappa shape index (κ3) is 6.11. The largest absolute Gasteiger partial charge is 0.452 e. The van der Waals surface area contributed by atoms with Crippen molar-refractivity contribution < 1.29 is 14.3 Å². The van der Waals surface area contributed by atoms with E-state index in [2.05, 4.69) is 30.4 Å². The van der Waals surface area contributed by atoms with Gasteiger partial charge in [0.2, 0.25) is 0 Å². The van der Waals surface area contributed by atoms with Gasteiger partial charge in [0.05, 0.1) is 17.3 Å². The molecular weight excluding hydrogens is 486 g/mol. The Morgan fingerprint density at radius 3 is 2.49 bits per heavy atom. The van der Waals surface area contributed by atoms with Crippen LogP contribution in [0.2, 0.25) is 0 Å². The minimum Gasteiger partial charge on any atom is -0.452 e. The van der Waals surface area contributed by atoms with Gasteiger partial charge in [-0.15, -0.1) is 0 Å². The zero-order valence-corrected chi connectivity index (χ0v) is 22.4. The van der Waals surface area contributed by atoms with E-state index in [1.807, 2.05) is 60.7 Å². The summed E-state index contributed by atoms with van der Waals surface area (Å²) in [6.45, 7) is 2.52. The average molecular weight is 522 g/mol. The molecule has 200 valence electrons. The van der Waals surface area contributed by atoms with E-state index in [1.54, 1.807) is 17.1 Å². The highest BCUT2D eigenvalue weighted by Gasteiger charge is 2.43. The third-order valence-corrected chi connectivity index (χ3v) is 7.36. The number of hydrogen-bond donors (Lipinski definition) is 1. The number of unbranched alkanes of at least 4 members (excludes halogenated alkanes) is 1. The van der Waals surface area contributed by atoms with Crippen LogP contribution in [0.3, 0.4) is 0 Å². The summed E-state index contributed by atoms with van der Waals surface area (Å²) in [5, 5.41) is 9.75. The molecule has 1 heterocycles. The lowest BCUT2D eigenvalue weighted by molar-refractivity contribution is -0.137. The van der Waals surface area contributed by atoms with E-state index in [9.17, 15) is 9.59 Å². The van der Waals surface area contributed by atoms with Crippen molar-refractivity contribution in [2.75, 3.05) is 18.5 Å². The lowest BCUT2D eigenvalue weighted by Gasteiger charge is -2.29. The first-order chi connectivity index (χ1) is 19.2. The number of anilines is 1. The summed E-state index contributed by atoms with van der Waals surface area (Å²) < 4.78 is 5.56. The van der Waals surface area contributed by atoms with Crippen molar-refractivity contribution in [2.24, 2.45) is 11.0 Å². The molecule has 5 rings (SSSR count). The number of rotatable bonds is 9. The van der Waals surface area contributed by atoms with Gasteiger partial charge < -0.3 is 10.1 Å². The summed E-state index contributed by atoms with van der Waals surface area (Å²) in [6.07, 6.45) is 7.14. The van der Waals surface area contributed by atoms with Gasteiger partial charge >= 0.3 is 5.97 Å². The quantitative estimate of drug-likeness (QED) is 0.246. The first kappa shape index (κ1) is 26.4. The first-order valence-corrected chi connectivity index (χ1v) is 13.9. The van der Waals surface area contributed by atoms with Crippen molar-refractivity contribution in [3.63, 3.8) is 0 Å². The predicted molar refractivity (Wildman–Crippen MR) is 155 cm³/mol. The number of carbonyl (C=O) groups is 2. The molecule has 6 nitrogen and oxygen atoms in total. The average Bonchev–Trinajstić information content (AvgIpc) is 3.38. The van der Waals surface area contributed by atoms with Gasteiger partial charge in [-0.2, -0.15) is 5.10 Å². The van der Waals surface area contributed by atoms with Gasteiger partial charge in [-0.3, -0.25) is 4.79 Å². The topological polar surface area (TPSA) is 71.0 Å². The highest BCUT2D eigenvalue weighted by Crippen LogP contribution is 2.44. The van der Waals surface area contributed by atoms with Crippen LogP contribution >= 0.6 is 0 Å². The molecule has 3 aromatic carbocycles. The van der Waals surface area contributed by atoms with Crippen LogP contribution in [0.15, 0.2) is 95.6 Å². The van der Waals surface area contributed by atoms with Crippen molar-refractivity contribution >= 4 is 29.4 Å². The molecule has 1 N–H and O–H groups in total. The second-order valence-corrected chi connectivity index (χ2v) is 10.1. The minimum atomic E-state index is -0.520. The van der Waals surface area contributed by atoms with Crippen molar-refractivity contribution in [3.05, 3.63) is 107 Å². The van der Waals surface area contributed by atoms with E-state index in [1.165, 1.54) is 0 Å². The molecule has 0 spiro atoms. The molecular formula is C33H35N3O3. The second-order valence-electron chi connectivity index (χ2n) is 10.1. The van der Waals surface area contributed by atoms with Crippen LogP contribution < -0.4 is 5.32 Å². The highest BCUT2D eigenvalue weighted by molar-refractivity contribution is 6.08. The predicted octanol–water partition coefficient (Wildman–Crippen LogP) is 6.88. The van der Waals surface area contributed by atoms with E-state index in [0.717, 1.165) is 61.1 Å². The van der Waals surface area contributed by atoms with E-state index < -0.39 is 5.97 Å². The fourth-order valence-corrected chi connectivity index (χ4v) is 5.43. The summed E-state index contributed by atoms with van der Waals surface area (Å²) in [7, 11) is 0. The van der Waals surface area contributed by atoms with Crippen molar-refractivity contribution in [1.82, 2.24) is 5.01 Å². The molecule has 0 radical (unpaired) electrons. The van der Waals surface area contributed by atoms with Gasteiger partial charge in [0.1, 0.15) is 0 Å². The monoisotopic (exact) mass is 521 g/mol. The van der Waals surface area contributed by atoms with E-state index >= 15 is 0 Å². The Balaban J connectivity index is 1.37. The van der Waals surface area contributed by atoms with Gasteiger partial charge in [0.25, 0.3) is 5.91 Å². The van der Waals surface area contributed by atoms with Gasteiger partial charge in [-0.1, -0.05) is 86.1 Å². The van der Waals surface area contributed by atoms with Crippen LogP contribution in [0.4, 0.5) is 5.69 Å². The fourth-order valence-electron chi connectivity index (χ4n) is 5.43. The fraction of sp³-hybridized carbons (Fsp3) is 0.303. The molecule has 1 aliphatic heterocycles. The number of nitrogens with one attached hydrogen (secondary N) is 1. The van der Waals surface area contributed by atoms with E-state index in [4.69, 9.17) is 9.84 Å². The molecule has 39 heavy (non-hydrogen) atoms. The maximum Gasteiger partial charge on any atom is 0.340 e. The Labute approximate surface area is 230 Å². The maximum absolute atomic E-state index is 13.6. The summed E-state index contributed by atoms with van der Waals surface area (Å²) in [4.78, 5) is 26.6. The standard InChI is InChI=1S/C33H35N3O3/c1-2-3-21-34-29-20-11-10-18-27(29)33(38)39-23-30(37)36-32(25-15-8-5-9-16-25)28-19-12-17-26(31(28)35-36)22-24-13-6-4-7-14-24/h4-11,13-16,18,20,22,28,32,34H,2-3,12,17,19,21,23H2,1H3/b26-22-/t28-,32-/m0/s1. The minimum absolute atomic E-state index is 0.0965. The van der Waals surface area contributed by atoms with E-state index in [0.29, 0.717) is 11.3 Å². The lowest BCUT2D eigenvalue weighted by atomic mass is 9.77. The Morgan fingerprint density at radius 1 is 1.00 bits per heavy atom. The lowest BCUT2D eigenvalue weighted by Crippen LogP contribution is -2.34. The van der Waals surface area contributed by atoms with Crippen LogP contribution in [0, 0.1) is 5.92 Å². The normalized spacial score (nSPS) is 19.4. The number of hydrazone groups is 1. The summed E-state index contributed by atoms with van der Waals surface area (Å²) in [5.41, 5.74) is 5.43. The zero-order valence-electron chi connectivity index (χ0n) is 22.4. The van der Waals surface area contributed by atoms with Crippen LogP contribution in [-0.4, -0.2) is 35.7 Å². The molecule has 2 aliphatic rings. The number of hydrogen-bond acceptors (Lipinski definition) is 5. The number of para-hydroxylation sites is 1.